The van der Waals surface area contributed by atoms with Gasteiger partial charge in [0.2, 0.25) is 0 Å². The van der Waals surface area contributed by atoms with Crippen LogP contribution in [0.4, 0.5) is 0 Å². The molecule has 2 aliphatic rings. The molecule has 1 unspecified atom stereocenters. The lowest BCUT2D eigenvalue weighted by Crippen LogP contribution is -2.51. The largest absolute Gasteiger partial charge is 0.481 e. The fourth-order valence-corrected chi connectivity index (χ4v) is 2.66. The molecule has 98 valence electrons. The van der Waals surface area contributed by atoms with Crippen LogP contribution in [0.25, 0.3) is 0 Å². The zero-order chi connectivity index (χ0) is 12.3. The number of hydrogen-bond donors (Lipinski definition) is 1. The number of ether oxygens (including phenoxy) is 1. The minimum Gasteiger partial charge on any atom is -0.481 e. The Morgan fingerprint density at radius 1 is 1.29 bits per heavy atom. The van der Waals surface area contributed by atoms with Crippen molar-refractivity contribution in [3.8, 4) is 0 Å². The van der Waals surface area contributed by atoms with Crippen LogP contribution in [0.3, 0.4) is 0 Å². The van der Waals surface area contributed by atoms with Crippen molar-refractivity contribution in [1.29, 1.82) is 0 Å². The van der Waals surface area contributed by atoms with Crippen LogP contribution >= 0.6 is 0 Å². The molecule has 5 heteroatoms. The van der Waals surface area contributed by atoms with E-state index in [1.165, 1.54) is 0 Å². The third-order valence-electron chi connectivity index (χ3n) is 4.00. The normalized spacial score (nSPS) is 31.8. The lowest BCUT2D eigenvalue weighted by atomic mass is 9.86. The zero-order valence-corrected chi connectivity index (χ0v) is 10.5. The van der Waals surface area contributed by atoms with E-state index in [9.17, 15) is 9.90 Å². The van der Waals surface area contributed by atoms with Crippen LogP contribution in [-0.4, -0.2) is 73.4 Å². The monoisotopic (exact) mass is 242 g/mol. The summed E-state index contributed by atoms with van der Waals surface area (Å²) >= 11 is 0. The number of carboxylic acid groups (broad SMARTS) is 1. The van der Waals surface area contributed by atoms with Gasteiger partial charge in [-0.15, -0.1) is 0 Å². The molecule has 5 nitrogen and oxygen atoms in total. The second kappa shape index (κ2) is 5.33. The molecular weight excluding hydrogens is 220 g/mol. The second-order valence-corrected chi connectivity index (χ2v) is 5.10. The maximum absolute atomic E-state index is 11.4. The Balaban J connectivity index is 1.89. The van der Waals surface area contributed by atoms with Crippen LogP contribution < -0.4 is 0 Å². The smallest absolute Gasteiger partial charge is 0.313 e. The quantitative estimate of drug-likeness (QED) is 0.758. The van der Waals surface area contributed by atoms with Crippen molar-refractivity contribution in [3.05, 3.63) is 0 Å². The molecule has 2 fully saturated rings. The molecule has 0 saturated carbocycles. The Bertz CT molecular complexity index is 269. The van der Waals surface area contributed by atoms with E-state index in [1.54, 1.807) is 0 Å². The number of nitrogens with zero attached hydrogens (tertiary/aromatic N) is 2. The van der Waals surface area contributed by atoms with Gasteiger partial charge >= 0.3 is 5.97 Å². The predicted octanol–water partition coefficient (Wildman–Crippen LogP) is 0.115. The van der Waals surface area contributed by atoms with Gasteiger partial charge in [-0.1, -0.05) is 6.92 Å². The highest BCUT2D eigenvalue weighted by Crippen LogP contribution is 2.30. The fourth-order valence-electron chi connectivity index (χ4n) is 2.66. The van der Waals surface area contributed by atoms with Gasteiger partial charge in [-0.05, 0) is 13.0 Å². The zero-order valence-electron chi connectivity index (χ0n) is 10.5. The summed E-state index contributed by atoms with van der Waals surface area (Å²) in [5.41, 5.74) is -0.658. The third-order valence-corrected chi connectivity index (χ3v) is 4.00. The van der Waals surface area contributed by atoms with Crippen molar-refractivity contribution >= 4 is 5.97 Å². The third kappa shape index (κ3) is 2.78. The average molecular weight is 242 g/mol. The van der Waals surface area contributed by atoms with E-state index in [-0.39, 0.29) is 0 Å². The van der Waals surface area contributed by atoms with Gasteiger partial charge < -0.3 is 14.7 Å². The van der Waals surface area contributed by atoms with E-state index in [2.05, 4.69) is 16.7 Å². The molecule has 2 aliphatic heterocycles. The Labute approximate surface area is 102 Å². The molecule has 0 radical (unpaired) electrons. The van der Waals surface area contributed by atoms with Crippen LogP contribution in [0.15, 0.2) is 0 Å². The number of carboxylic acids is 1. The van der Waals surface area contributed by atoms with E-state index in [0.29, 0.717) is 26.2 Å². The summed E-state index contributed by atoms with van der Waals surface area (Å²) in [7, 11) is 0. The topological polar surface area (TPSA) is 53.0 Å². The van der Waals surface area contributed by atoms with Crippen LogP contribution in [0.1, 0.15) is 13.3 Å². The van der Waals surface area contributed by atoms with E-state index in [1.807, 2.05) is 0 Å². The average Bonchev–Trinajstić information content (AvgIpc) is 2.80. The molecular formula is C12H22N2O3. The van der Waals surface area contributed by atoms with Gasteiger partial charge in [0.25, 0.3) is 0 Å². The van der Waals surface area contributed by atoms with E-state index < -0.39 is 11.4 Å². The molecule has 2 saturated heterocycles. The highest BCUT2D eigenvalue weighted by atomic mass is 16.5. The van der Waals surface area contributed by atoms with Crippen LogP contribution in [-0.2, 0) is 9.53 Å². The summed E-state index contributed by atoms with van der Waals surface area (Å²) in [5, 5.41) is 9.38. The van der Waals surface area contributed by atoms with Gasteiger partial charge in [-0.25, -0.2) is 0 Å². The molecule has 2 rings (SSSR count). The van der Waals surface area contributed by atoms with E-state index in [4.69, 9.17) is 4.74 Å². The Morgan fingerprint density at radius 2 is 1.94 bits per heavy atom. The molecule has 0 aromatic carbocycles. The molecule has 0 spiro atoms. The number of aliphatic carboxylic acids is 1. The first-order chi connectivity index (χ1) is 8.16. The Kier molecular flexibility index (Phi) is 4.01. The van der Waals surface area contributed by atoms with Gasteiger partial charge in [-0.3, -0.25) is 9.69 Å². The minimum absolute atomic E-state index is 0.371. The maximum atomic E-state index is 11.4. The number of carbonyl (C=O) groups is 1. The first-order valence-corrected chi connectivity index (χ1v) is 6.42. The Morgan fingerprint density at radius 3 is 2.41 bits per heavy atom. The Hall–Kier alpha value is -0.650. The van der Waals surface area contributed by atoms with E-state index in [0.717, 1.165) is 32.7 Å². The molecule has 0 bridgehead atoms. The van der Waals surface area contributed by atoms with Crippen molar-refractivity contribution in [2.45, 2.75) is 13.3 Å². The molecule has 0 amide bonds. The molecule has 1 N–H and O–H groups in total. The SMILES string of the molecule is CCN1CCN(CC2(C(=O)O)CCOC2)CC1. The molecule has 2 heterocycles. The first kappa shape index (κ1) is 12.8. The number of likely N-dealkylation sites (N-methyl/N-ethyl adjacent to an activating group) is 1. The molecule has 0 aromatic rings. The number of rotatable bonds is 4. The molecule has 0 aliphatic carbocycles. The van der Waals surface area contributed by atoms with E-state index >= 15 is 0 Å². The summed E-state index contributed by atoms with van der Waals surface area (Å²) in [4.78, 5) is 16.1. The van der Waals surface area contributed by atoms with Crippen LogP contribution in [0.2, 0.25) is 0 Å². The lowest BCUT2D eigenvalue weighted by molar-refractivity contribution is -0.150. The highest BCUT2D eigenvalue weighted by Gasteiger charge is 2.44. The van der Waals surface area contributed by atoms with Crippen LogP contribution in [0.5, 0.6) is 0 Å². The van der Waals surface area contributed by atoms with Gasteiger partial charge in [0.1, 0.15) is 5.41 Å². The van der Waals surface area contributed by atoms with Gasteiger partial charge in [0.15, 0.2) is 0 Å². The second-order valence-electron chi connectivity index (χ2n) is 5.10. The van der Waals surface area contributed by atoms with Gasteiger partial charge in [0.05, 0.1) is 6.61 Å². The minimum atomic E-state index is -0.701. The van der Waals surface area contributed by atoms with Crippen LogP contribution in [0, 0.1) is 5.41 Å². The fraction of sp³-hybridized carbons (Fsp3) is 0.917. The van der Waals surface area contributed by atoms with Crippen molar-refractivity contribution in [2.24, 2.45) is 5.41 Å². The number of hydrogen-bond acceptors (Lipinski definition) is 4. The summed E-state index contributed by atoms with van der Waals surface area (Å²) in [5.74, 6) is -0.701. The van der Waals surface area contributed by atoms with Crippen molar-refractivity contribution in [3.63, 3.8) is 0 Å². The number of piperazine rings is 1. The highest BCUT2D eigenvalue weighted by molar-refractivity contribution is 5.75. The van der Waals surface area contributed by atoms with Crippen molar-refractivity contribution < 1.29 is 14.6 Å². The standard InChI is InChI=1S/C12H22N2O3/c1-2-13-4-6-14(7-5-13)9-12(11(15)16)3-8-17-10-12/h2-10H2,1H3,(H,15,16). The van der Waals surface area contributed by atoms with Crippen molar-refractivity contribution in [2.75, 3.05) is 52.5 Å². The predicted molar refractivity (Wildman–Crippen MR) is 64.1 cm³/mol. The molecule has 0 aromatic heterocycles. The molecule has 1 atom stereocenters. The molecule has 17 heavy (non-hydrogen) atoms. The van der Waals surface area contributed by atoms with Gasteiger partial charge in [0, 0.05) is 39.3 Å². The first-order valence-electron chi connectivity index (χ1n) is 6.42. The summed E-state index contributed by atoms with van der Waals surface area (Å²) in [6.07, 6.45) is 0.649. The van der Waals surface area contributed by atoms with Crippen molar-refractivity contribution in [1.82, 2.24) is 9.80 Å². The van der Waals surface area contributed by atoms with Gasteiger partial charge in [-0.2, -0.15) is 0 Å². The summed E-state index contributed by atoms with van der Waals surface area (Å²) in [6, 6.07) is 0. The lowest BCUT2D eigenvalue weighted by Gasteiger charge is -2.37. The maximum Gasteiger partial charge on any atom is 0.313 e. The summed E-state index contributed by atoms with van der Waals surface area (Å²) in [6.45, 7) is 8.89. The summed E-state index contributed by atoms with van der Waals surface area (Å²) < 4.78 is 5.29.